The smallest absolute Gasteiger partial charge is 0.179 e. The third-order valence-corrected chi connectivity index (χ3v) is 5.96. The Morgan fingerprint density at radius 2 is 1.35 bits per heavy atom. The second-order valence-corrected chi connectivity index (χ2v) is 9.64. The fraction of sp³-hybridized carbons (Fsp3) is 0.419. The fourth-order valence-corrected chi connectivity index (χ4v) is 3.44. The Bertz CT molecular complexity index is 823. The summed E-state index contributed by atoms with van der Waals surface area (Å²) in [6.45, 7) is 34.0. The lowest BCUT2D eigenvalue weighted by molar-refractivity contribution is 0.110. The lowest BCUT2D eigenvalue weighted by Gasteiger charge is -2.18. The third-order valence-electron chi connectivity index (χ3n) is 5.96. The van der Waals surface area contributed by atoms with Crippen molar-refractivity contribution in [2.75, 3.05) is 0 Å². The molecule has 0 amide bonds. The van der Waals surface area contributed by atoms with E-state index in [0.717, 1.165) is 66.6 Å². The fourth-order valence-electron chi connectivity index (χ4n) is 3.44. The minimum atomic E-state index is 0.0684. The van der Waals surface area contributed by atoms with Gasteiger partial charge in [-0.2, -0.15) is 0 Å². The summed E-state index contributed by atoms with van der Waals surface area (Å²) in [7, 11) is 0. The Labute approximate surface area is 209 Å². The van der Waals surface area contributed by atoms with Gasteiger partial charge in [-0.05, 0) is 76.5 Å². The van der Waals surface area contributed by atoms with Crippen molar-refractivity contribution in [3.63, 3.8) is 0 Å². The molecule has 2 atom stereocenters. The molecule has 0 saturated heterocycles. The van der Waals surface area contributed by atoms with Crippen LogP contribution in [0.5, 0.6) is 0 Å². The van der Waals surface area contributed by atoms with E-state index in [0.29, 0.717) is 18.3 Å². The summed E-state index contributed by atoms with van der Waals surface area (Å²) in [6.07, 6.45) is 4.89. The number of ether oxygens (including phenoxy) is 1. The Hall–Kier alpha value is -2.94. The molecule has 0 fully saturated rings. The highest BCUT2D eigenvalue weighted by atomic mass is 16.5. The van der Waals surface area contributed by atoms with Crippen molar-refractivity contribution in [3.05, 3.63) is 109 Å². The monoisotopic (exact) mass is 462 g/mol. The van der Waals surface area contributed by atoms with Crippen molar-refractivity contribution >= 4 is 0 Å². The van der Waals surface area contributed by atoms with Crippen molar-refractivity contribution in [1.29, 1.82) is 0 Å². The number of rotatable bonds is 18. The van der Waals surface area contributed by atoms with Crippen molar-refractivity contribution in [1.82, 2.24) is 10.6 Å². The van der Waals surface area contributed by atoms with Crippen molar-refractivity contribution < 1.29 is 4.74 Å². The van der Waals surface area contributed by atoms with Crippen LogP contribution in [-0.2, 0) is 17.8 Å². The van der Waals surface area contributed by atoms with Crippen molar-refractivity contribution in [2.24, 2.45) is 5.92 Å². The van der Waals surface area contributed by atoms with Crippen LogP contribution in [0.15, 0.2) is 97.6 Å². The second-order valence-electron chi connectivity index (χ2n) is 9.64. The molecule has 0 heterocycles. The number of allylic oxidation sites excluding steroid dienone is 5. The van der Waals surface area contributed by atoms with E-state index < -0.39 is 0 Å². The maximum absolute atomic E-state index is 5.89. The Morgan fingerprint density at radius 1 is 0.824 bits per heavy atom. The first-order valence-corrected chi connectivity index (χ1v) is 12.2. The minimum absolute atomic E-state index is 0.0684. The summed E-state index contributed by atoms with van der Waals surface area (Å²) in [6, 6.07) is 8.51. The molecule has 0 saturated carbocycles. The molecule has 0 aliphatic heterocycles. The van der Waals surface area contributed by atoms with Gasteiger partial charge >= 0.3 is 0 Å². The van der Waals surface area contributed by atoms with E-state index in [1.54, 1.807) is 0 Å². The second kappa shape index (κ2) is 15.1. The number of hydrogen-bond donors (Lipinski definition) is 2. The van der Waals surface area contributed by atoms with Crippen LogP contribution in [0.3, 0.4) is 0 Å². The van der Waals surface area contributed by atoms with Crippen LogP contribution in [0, 0.1) is 5.92 Å². The van der Waals surface area contributed by atoms with Crippen LogP contribution in [0.4, 0.5) is 0 Å². The topological polar surface area (TPSA) is 33.3 Å². The number of benzene rings is 1. The predicted octanol–water partition coefficient (Wildman–Crippen LogP) is 8.11. The molecule has 2 N–H and O–H groups in total. The highest BCUT2D eigenvalue weighted by molar-refractivity contribution is 5.25. The van der Waals surface area contributed by atoms with Gasteiger partial charge in [0.2, 0.25) is 0 Å². The van der Waals surface area contributed by atoms with Crippen molar-refractivity contribution in [3.8, 4) is 0 Å². The van der Waals surface area contributed by atoms with Crippen LogP contribution < -0.4 is 10.6 Å². The Balaban J connectivity index is 2.39. The average Bonchev–Trinajstić information content (AvgIpc) is 2.78. The van der Waals surface area contributed by atoms with Gasteiger partial charge in [0.15, 0.2) is 5.88 Å². The Kier molecular flexibility index (Phi) is 12.9. The summed E-state index contributed by atoms with van der Waals surface area (Å²) in [5.74, 6) is 1.15. The molecule has 186 valence electrons. The van der Waals surface area contributed by atoms with Gasteiger partial charge in [0.1, 0.15) is 0 Å². The van der Waals surface area contributed by atoms with Gasteiger partial charge in [0.05, 0.1) is 6.10 Å². The van der Waals surface area contributed by atoms with Gasteiger partial charge in [-0.1, -0.05) is 86.4 Å². The first-order valence-electron chi connectivity index (χ1n) is 12.2. The Morgan fingerprint density at radius 3 is 1.91 bits per heavy atom. The van der Waals surface area contributed by atoms with Gasteiger partial charge < -0.3 is 15.4 Å². The first-order chi connectivity index (χ1) is 16.0. The molecule has 0 aliphatic carbocycles. The van der Waals surface area contributed by atoms with Gasteiger partial charge in [0, 0.05) is 18.8 Å². The molecule has 0 aliphatic rings. The summed E-state index contributed by atoms with van der Waals surface area (Å²) in [5, 5.41) is 6.76. The van der Waals surface area contributed by atoms with E-state index >= 15 is 0 Å². The summed E-state index contributed by atoms with van der Waals surface area (Å²) >= 11 is 0. The van der Waals surface area contributed by atoms with Crippen LogP contribution in [0.2, 0.25) is 0 Å². The third kappa shape index (κ3) is 12.3. The number of nitrogens with one attached hydrogen (secondary N) is 2. The van der Waals surface area contributed by atoms with Crippen LogP contribution in [0.25, 0.3) is 0 Å². The lowest BCUT2D eigenvalue weighted by Crippen LogP contribution is -2.19. The van der Waals surface area contributed by atoms with Gasteiger partial charge in [-0.3, -0.25) is 0 Å². The summed E-state index contributed by atoms with van der Waals surface area (Å²) < 4.78 is 5.89. The SMILES string of the molecule is C=C(CC(C)CCC(=C)C(=C)C)NCc1cccc(CNC(=C)OC(C)CCC(=C)C(=C)C)c1. The number of hydrogen-bond acceptors (Lipinski definition) is 3. The zero-order valence-corrected chi connectivity index (χ0v) is 22.1. The quantitative estimate of drug-likeness (QED) is 0.171. The van der Waals surface area contributed by atoms with Crippen molar-refractivity contribution in [2.45, 2.75) is 79.0 Å². The predicted molar refractivity (Wildman–Crippen MR) is 149 cm³/mol. The van der Waals surface area contributed by atoms with Crippen LogP contribution in [0.1, 0.15) is 70.9 Å². The van der Waals surface area contributed by atoms with Gasteiger partial charge in [-0.15, -0.1) is 0 Å². The molecule has 0 radical (unpaired) electrons. The molecule has 0 spiro atoms. The summed E-state index contributed by atoms with van der Waals surface area (Å²) in [4.78, 5) is 0. The molecule has 2 unspecified atom stereocenters. The van der Waals surface area contributed by atoms with Gasteiger partial charge in [-0.25, -0.2) is 0 Å². The molecule has 0 aromatic heterocycles. The molecular weight excluding hydrogens is 416 g/mol. The largest absolute Gasteiger partial charge is 0.477 e. The zero-order chi connectivity index (χ0) is 25.7. The zero-order valence-electron chi connectivity index (χ0n) is 22.1. The van der Waals surface area contributed by atoms with E-state index in [-0.39, 0.29) is 6.10 Å². The molecule has 1 rings (SSSR count). The minimum Gasteiger partial charge on any atom is -0.477 e. The van der Waals surface area contributed by atoms with Gasteiger partial charge in [0.25, 0.3) is 0 Å². The molecule has 3 nitrogen and oxygen atoms in total. The van der Waals surface area contributed by atoms with E-state index in [2.05, 4.69) is 88.2 Å². The van der Waals surface area contributed by atoms with Crippen LogP contribution in [-0.4, -0.2) is 6.10 Å². The van der Waals surface area contributed by atoms with E-state index in [9.17, 15) is 0 Å². The standard InChI is InChI=1S/C31H46N2O/c1-22(2)25(6)15-14-24(5)18-27(8)32-20-30-12-11-13-31(19-30)21-33-29(10)34-28(9)17-16-26(7)23(3)4/h11-13,19,24,28,32-33H,1,3,6-8,10,14-18,20-21H2,2,4-5,9H3. The van der Waals surface area contributed by atoms with E-state index in [1.807, 2.05) is 13.8 Å². The maximum Gasteiger partial charge on any atom is 0.179 e. The average molecular weight is 463 g/mol. The van der Waals surface area contributed by atoms with Crippen LogP contribution >= 0.6 is 0 Å². The highest BCUT2D eigenvalue weighted by Gasteiger charge is 2.08. The molecule has 1 aromatic rings. The molecule has 1 aromatic carbocycles. The molecule has 0 bridgehead atoms. The van der Waals surface area contributed by atoms with E-state index in [1.165, 1.54) is 11.1 Å². The highest BCUT2D eigenvalue weighted by Crippen LogP contribution is 2.20. The first kappa shape index (κ1) is 29.1. The summed E-state index contributed by atoms with van der Waals surface area (Å²) in [5.41, 5.74) is 7.81. The maximum atomic E-state index is 5.89. The molecule has 34 heavy (non-hydrogen) atoms. The molecular formula is C31H46N2O. The molecule has 3 heteroatoms. The lowest BCUT2D eigenvalue weighted by atomic mass is 9.95. The van der Waals surface area contributed by atoms with E-state index in [4.69, 9.17) is 4.74 Å². The normalized spacial score (nSPS) is 12.2.